The average Bonchev–Trinajstić information content (AvgIpc) is 2.56. The number of benzene rings is 1. The Morgan fingerprint density at radius 1 is 1.24 bits per heavy atom. The lowest BCUT2D eigenvalue weighted by molar-refractivity contribution is 0.468. The molecule has 25 heavy (non-hydrogen) atoms. The minimum absolute atomic E-state index is 0.215. The Morgan fingerprint density at radius 3 is 2.60 bits per heavy atom. The lowest BCUT2D eigenvalue weighted by Crippen LogP contribution is -2.33. The van der Waals surface area contributed by atoms with Crippen molar-refractivity contribution in [1.29, 1.82) is 0 Å². The van der Waals surface area contributed by atoms with Gasteiger partial charge in [-0.2, -0.15) is 0 Å². The van der Waals surface area contributed by atoms with E-state index >= 15 is 0 Å². The average molecular weight is 342 g/mol. The molecule has 0 spiro atoms. The fraction of sp³-hybridized carbons (Fsp3) is 0.350. The van der Waals surface area contributed by atoms with Gasteiger partial charge in [0.05, 0.1) is 17.5 Å². The first-order valence-electron chi connectivity index (χ1n) is 8.44. The van der Waals surface area contributed by atoms with E-state index in [1.54, 1.807) is 18.3 Å². The zero-order valence-corrected chi connectivity index (χ0v) is 15.4. The lowest BCUT2D eigenvalue weighted by Gasteiger charge is -2.21. The smallest absolute Gasteiger partial charge is 0.129 e. The van der Waals surface area contributed by atoms with E-state index in [1.165, 1.54) is 0 Å². The Morgan fingerprint density at radius 2 is 2.00 bits per heavy atom. The van der Waals surface area contributed by atoms with Gasteiger partial charge in [0.2, 0.25) is 0 Å². The van der Waals surface area contributed by atoms with Gasteiger partial charge in [-0.1, -0.05) is 12.1 Å². The number of rotatable bonds is 8. The van der Waals surface area contributed by atoms with Crippen molar-refractivity contribution in [1.82, 2.24) is 15.6 Å². The molecule has 1 aromatic heterocycles. The summed E-state index contributed by atoms with van der Waals surface area (Å²) in [4.78, 5) is 4.30. The molecule has 0 saturated carbocycles. The fourth-order valence-electron chi connectivity index (χ4n) is 3.00. The molecule has 0 aliphatic heterocycles. The molecule has 0 radical (unpaired) electrons. The van der Waals surface area contributed by atoms with E-state index in [4.69, 9.17) is 0 Å². The summed E-state index contributed by atoms with van der Waals surface area (Å²) in [5.41, 5.74) is 5.53. The summed E-state index contributed by atoms with van der Waals surface area (Å²) in [5, 5.41) is 9.70. The van der Waals surface area contributed by atoms with E-state index in [0.29, 0.717) is 18.7 Å². The van der Waals surface area contributed by atoms with Crippen molar-refractivity contribution in [2.45, 2.75) is 33.5 Å². The first-order valence-corrected chi connectivity index (χ1v) is 8.44. The molecule has 5 heteroatoms. The zero-order chi connectivity index (χ0) is 18.4. The number of aryl methyl sites for hydroxylation is 3. The van der Waals surface area contributed by atoms with Gasteiger partial charge in [-0.15, -0.1) is 6.58 Å². The van der Waals surface area contributed by atoms with Crippen LogP contribution in [0.15, 0.2) is 37.1 Å². The number of halogens is 1. The van der Waals surface area contributed by atoms with Crippen molar-refractivity contribution in [3.63, 3.8) is 0 Å². The normalized spacial score (nSPS) is 12.0. The summed E-state index contributed by atoms with van der Waals surface area (Å²) in [6.45, 7) is 10.8. The zero-order valence-electron chi connectivity index (χ0n) is 15.4. The van der Waals surface area contributed by atoms with Crippen LogP contribution in [0.3, 0.4) is 0 Å². The third-order valence-corrected chi connectivity index (χ3v) is 4.26. The van der Waals surface area contributed by atoms with Crippen LogP contribution >= 0.6 is 0 Å². The molecule has 1 heterocycles. The standard InChI is InChI=1S/C20H27FN4/c1-6-8-24-20(22-5)18-14(3)10-16(11-17(18)21)12-25-19-13(2)7-9-23-15(19)4/h6-7,9-11,20,22,24-25H,1,8,12H2,2-5H3. The molecule has 0 amide bonds. The fourth-order valence-corrected chi connectivity index (χ4v) is 3.00. The summed E-state index contributed by atoms with van der Waals surface area (Å²) in [5.74, 6) is -0.215. The van der Waals surface area contributed by atoms with Crippen LogP contribution in [0.5, 0.6) is 0 Å². The summed E-state index contributed by atoms with van der Waals surface area (Å²) < 4.78 is 14.7. The summed E-state index contributed by atoms with van der Waals surface area (Å²) >= 11 is 0. The van der Waals surface area contributed by atoms with E-state index in [2.05, 4.69) is 27.5 Å². The Kier molecular flexibility index (Phi) is 6.67. The quantitative estimate of drug-likeness (QED) is 0.505. The van der Waals surface area contributed by atoms with Crippen LogP contribution in [-0.2, 0) is 6.54 Å². The van der Waals surface area contributed by atoms with E-state index in [-0.39, 0.29) is 12.0 Å². The molecule has 1 unspecified atom stereocenters. The molecular formula is C20H27FN4. The van der Waals surface area contributed by atoms with Crippen LogP contribution in [0, 0.1) is 26.6 Å². The number of nitrogens with zero attached hydrogens (tertiary/aromatic N) is 1. The Labute approximate surface area is 149 Å². The first kappa shape index (κ1) is 19.1. The van der Waals surface area contributed by atoms with Crippen LogP contribution in [0.2, 0.25) is 0 Å². The van der Waals surface area contributed by atoms with Crippen molar-refractivity contribution in [2.75, 3.05) is 18.9 Å². The van der Waals surface area contributed by atoms with Crippen molar-refractivity contribution >= 4 is 5.69 Å². The maximum atomic E-state index is 14.7. The molecule has 0 fully saturated rings. The third-order valence-electron chi connectivity index (χ3n) is 4.26. The highest BCUT2D eigenvalue weighted by atomic mass is 19.1. The largest absolute Gasteiger partial charge is 0.379 e. The molecular weight excluding hydrogens is 315 g/mol. The molecule has 0 aliphatic carbocycles. The van der Waals surface area contributed by atoms with E-state index in [1.807, 2.05) is 40.0 Å². The Balaban J connectivity index is 2.20. The van der Waals surface area contributed by atoms with Gasteiger partial charge < -0.3 is 10.6 Å². The second-order valence-corrected chi connectivity index (χ2v) is 6.17. The molecule has 1 atom stereocenters. The maximum absolute atomic E-state index is 14.7. The minimum atomic E-state index is -0.247. The number of hydrogen-bond donors (Lipinski definition) is 3. The van der Waals surface area contributed by atoms with Gasteiger partial charge in [0.25, 0.3) is 0 Å². The van der Waals surface area contributed by atoms with Gasteiger partial charge in [0.15, 0.2) is 0 Å². The highest BCUT2D eigenvalue weighted by Crippen LogP contribution is 2.23. The van der Waals surface area contributed by atoms with Gasteiger partial charge in [-0.3, -0.25) is 10.3 Å². The number of hydrogen-bond acceptors (Lipinski definition) is 4. The van der Waals surface area contributed by atoms with Gasteiger partial charge in [-0.05, 0) is 56.6 Å². The summed E-state index contributed by atoms with van der Waals surface area (Å²) in [6, 6.07) is 5.58. The van der Waals surface area contributed by atoms with Crippen LogP contribution in [0.4, 0.5) is 10.1 Å². The van der Waals surface area contributed by atoms with E-state index in [9.17, 15) is 4.39 Å². The molecule has 134 valence electrons. The van der Waals surface area contributed by atoms with Crippen LogP contribution in [0.25, 0.3) is 0 Å². The molecule has 1 aromatic carbocycles. The Bertz CT molecular complexity index is 699. The predicted molar refractivity (Wildman–Crippen MR) is 102 cm³/mol. The van der Waals surface area contributed by atoms with Crippen molar-refractivity contribution < 1.29 is 4.39 Å². The van der Waals surface area contributed by atoms with E-state index < -0.39 is 0 Å². The van der Waals surface area contributed by atoms with Gasteiger partial charge in [-0.25, -0.2) is 4.39 Å². The third kappa shape index (κ3) is 4.65. The monoisotopic (exact) mass is 342 g/mol. The predicted octanol–water partition coefficient (Wildman–Crippen LogP) is 3.75. The number of pyridine rings is 1. The summed E-state index contributed by atoms with van der Waals surface area (Å²) in [7, 11) is 1.81. The Hall–Kier alpha value is -2.24. The lowest BCUT2D eigenvalue weighted by atomic mass is 10.0. The highest BCUT2D eigenvalue weighted by Gasteiger charge is 2.17. The molecule has 3 N–H and O–H groups in total. The van der Waals surface area contributed by atoms with Gasteiger partial charge >= 0.3 is 0 Å². The van der Waals surface area contributed by atoms with E-state index in [0.717, 1.165) is 28.1 Å². The SMILES string of the molecule is C=CCNC(NC)c1c(C)cc(CNc2c(C)ccnc2C)cc1F. The van der Waals surface area contributed by atoms with Gasteiger partial charge in [0.1, 0.15) is 5.82 Å². The molecule has 0 aliphatic rings. The molecule has 2 rings (SSSR count). The van der Waals surface area contributed by atoms with Crippen LogP contribution in [0.1, 0.15) is 34.1 Å². The minimum Gasteiger partial charge on any atom is -0.379 e. The van der Waals surface area contributed by atoms with Gasteiger partial charge in [0, 0.05) is 24.8 Å². The van der Waals surface area contributed by atoms with Crippen molar-refractivity contribution in [2.24, 2.45) is 0 Å². The van der Waals surface area contributed by atoms with Crippen LogP contribution < -0.4 is 16.0 Å². The topological polar surface area (TPSA) is 49.0 Å². The molecule has 2 aromatic rings. The van der Waals surface area contributed by atoms with Crippen molar-refractivity contribution in [3.8, 4) is 0 Å². The summed E-state index contributed by atoms with van der Waals surface area (Å²) in [6.07, 6.45) is 3.31. The van der Waals surface area contributed by atoms with Crippen LogP contribution in [-0.4, -0.2) is 18.6 Å². The second kappa shape index (κ2) is 8.74. The number of anilines is 1. The molecule has 0 saturated heterocycles. The number of nitrogens with one attached hydrogen (secondary N) is 3. The first-order chi connectivity index (χ1) is 12.0. The number of aromatic nitrogens is 1. The highest BCUT2D eigenvalue weighted by molar-refractivity contribution is 5.54. The molecule has 0 bridgehead atoms. The van der Waals surface area contributed by atoms with Crippen molar-refractivity contribution in [3.05, 3.63) is 70.8 Å². The second-order valence-electron chi connectivity index (χ2n) is 6.17. The molecule has 4 nitrogen and oxygen atoms in total. The maximum Gasteiger partial charge on any atom is 0.129 e.